The predicted octanol–water partition coefficient (Wildman–Crippen LogP) is 5.77. The van der Waals surface area contributed by atoms with Gasteiger partial charge in [-0.3, -0.25) is 9.69 Å². The lowest BCUT2D eigenvalue weighted by Crippen LogP contribution is -2.52. The van der Waals surface area contributed by atoms with Crippen molar-refractivity contribution in [3.05, 3.63) is 35.5 Å². The largest absolute Gasteiger partial charge is 0.468 e. The summed E-state index contributed by atoms with van der Waals surface area (Å²) in [5.41, 5.74) is 3.96. The van der Waals surface area contributed by atoms with Crippen LogP contribution in [-0.2, 0) is 16.0 Å². The summed E-state index contributed by atoms with van der Waals surface area (Å²) in [6, 6.07) is 8.78. The summed E-state index contributed by atoms with van der Waals surface area (Å²) in [5.74, 6) is 1.28. The third kappa shape index (κ3) is 3.68. The number of aromatic nitrogens is 1. The zero-order valence-electron chi connectivity index (χ0n) is 18.4. The minimum atomic E-state index is -0.157. The number of esters is 1. The number of carbonyl (C=O) groups excluding carboxylic acids is 1. The first kappa shape index (κ1) is 20.1. The number of rotatable bonds is 4. The van der Waals surface area contributed by atoms with E-state index < -0.39 is 0 Å². The summed E-state index contributed by atoms with van der Waals surface area (Å²) in [5, 5.41) is 1.29. The molecule has 2 saturated carbocycles. The molecule has 2 atom stereocenters. The van der Waals surface area contributed by atoms with Crippen LogP contribution < -0.4 is 0 Å². The molecule has 0 spiro atoms. The van der Waals surface area contributed by atoms with Gasteiger partial charge in [0.05, 0.1) is 13.2 Å². The number of fused-ring (bicyclic) bond motifs is 3. The molecule has 3 aliphatic rings. The van der Waals surface area contributed by atoms with Gasteiger partial charge in [0.25, 0.3) is 0 Å². The van der Waals surface area contributed by atoms with Crippen LogP contribution in [0.15, 0.2) is 24.3 Å². The van der Waals surface area contributed by atoms with Crippen LogP contribution in [-0.4, -0.2) is 35.5 Å². The number of nitrogens with one attached hydrogen (secondary N) is 1. The molecule has 0 bridgehead atoms. The molecule has 1 N–H and O–H groups in total. The first-order valence-corrected chi connectivity index (χ1v) is 12.2. The lowest BCUT2D eigenvalue weighted by Gasteiger charge is -2.46. The third-order valence-electron chi connectivity index (χ3n) is 8.06. The van der Waals surface area contributed by atoms with Crippen molar-refractivity contribution in [1.29, 1.82) is 0 Å². The minimum Gasteiger partial charge on any atom is -0.468 e. The maximum atomic E-state index is 13.0. The van der Waals surface area contributed by atoms with E-state index in [1.165, 1.54) is 86.4 Å². The highest BCUT2D eigenvalue weighted by atomic mass is 16.5. The molecule has 2 fully saturated rings. The first-order chi connectivity index (χ1) is 14.8. The van der Waals surface area contributed by atoms with Crippen molar-refractivity contribution in [2.24, 2.45) is 11.8 Å². The standard InChI is InChI=1S/C26H36N2O2/c1-30-26(29)23-16-21-20-14-8-9-15-22(20)27-24(21)25(19-12-6-3-7-13-19)28(23)17-18-10-4-2-5-11-18/h8-9,14-15,18-19,23,25,27H,2-7,10-13,16-17H2,1H3/t23-,25+/m0/s1. The van der Waals surface area contributed by atoms with Gasteiger partial charge in [-0.1, -0.05) is 56.7 Å². The van der Waals surface area contributed by atoms with Crippen molar-refractivity contribution in [2.75, 3.05) is 13.7 Å². The molecule has 5 rings (SSSR count). The molecule has 0 unspecified atom stereocenters. The Morgan fingerprint density at radius 3 is 2.47 bits per heavy atom. The van der Waals surface area contributed by atoms with Gasteiger partial charge in [0, 0.05) is 29.6 Å². The molecule has 0 radical (unpaired) electrons. The summed E-state index contributed by atoms with van der Waals surface area (Å²) in [6.07, 6.45) is 14.0. The van der Waals surface area contributed by atoms with Crippen molar-refractivity contribution in [3.63, 3.8) is 0 Å². The first-order valence-electron chi connectivity index (χ1n) is 12.2. The number of nitrogens with zero attached hydrogens (tertiary/aromatic N) is 1. The van der Waals surface area contributed by atoms with Crippen LogP contribution in [0.2, 0.25) is 0 Å². The lowest BCUT2D eigenvalue weighted by atomic mass is 9.77. The van der Waals surface area contributed by atoms with Gasteiger partial charge in [-0.25, -0.2) is 0 Å². The van der Waals surface area contributed by atoms with Gasteiger partial charge in [-0.05, 0) is 49.1 Å². The molecule has 0 saturated heterocycles. The van der Waals surface area contributed by atoms with Crippen LogP contribution in [0.25, 0.3) is 10.9 Å². The van der Waals surface area contributed by atoms with Crippen molar-refractivity contribution in [2.45, 2.75) is 82.7 Å². The molecular formula is C26H36N2O2. The molecule has 4 nitrogen and oxygen atoms in total. The van der Waals surface area contributed by atoms with Gasteiger partial charge < -0.3 is 9.72 Å². The van der Waals surface area contributed by atoms with E-state index >= 15 is 0 Å². The molecule has 162 valence electrons. The minimum absolute atomic E-state index is 0.0532. The summed E-state index contributed by atoms with van der Waals surface area (Å²) < 4.78 is 5.36. The average molecular weight is 409 g/mol. The van der Waals surface area contributed by atoms with Crippen molar-refractivity contribution >= 4 is 16.9 Å². The summed E-state index contributed by atoms with van der Waals surface area (Å²) >= 11 is 0. The number of para-hydroxylation sites is 1. The van der Waals surface area contributed by atoms with Gasteiger partial charge in [-0.2, -0.15) is 0 Å². The van der Waals surface area contributed by atoms with Crippen LogP contribution >= 0.6 is 0 Å². The molecule has 2 aliphatic carbocycles. The molecule has 0 amide bonds. The van der Waals surface area contributed by atoms with E-state index in [4.69, 9.17) is 4.74 Å². The fourth-order valence-corrected chi connectivity index (χ4v) is 6.58. The van der Waals surface area contributed by atoms with Crippen LogP contribution in [0.3, 0.4) is 0 Å². The molecule has 2 aromatic rings. The average Bonchev–Trinajstić information content (AvgIpc) is 3.17. The molecule has 1 aromatic heterocycles. The predicted molar refractivity (Wildman–Crippen MR) is 120 cm³/mol. The van der Waals surface area contributed by atoms with Gasteiger partial charge in [0.2, 0.25) is 0 Å². The van der Waals surface area contributed by atoms with E-state index in [0.717, 1.165) is 13.0 Å². The Kier molecular flexibility index (Phi) is 5.86. The number of benzene rings is 1. The molecule has 2 heterocycles. The lowest BCUT2D eigenvalue weighted by molar-refractivity contribution is -0.150. The molecule has 1 aromatic carbocycles. The van der Waals surface area contributed by atoms with Gasteiger partial charge in [0.15, 0.2) is 0 Å². The maximum absolute atomic E-state index is 13.0. The summed E-state index contributed by atoms with van der Waals surface area (Å²) in [6.45, 7) is 1.04. The van der Waals surface area contributed by atoms with E-state index in [0.29, 0.717) is 17.9 Å². The number of ether oxygens (including phenoxy) is 1. The van der Waals surface area contributed by atoms with Gasteiger partial charge in [-0.15, -0.1) is 0 Å². The Labute approximate surface area is 180 Å². The number of hydrogen-bond donors (Lipinski definition) is 1. The SMILES string of the molecule is COC(=O)[C@@H]1Cc2c([nH]c3ccccc23)[C@@H](C2CCCCC2)N1CC1CCCCC1. The molecule has 4 heteroatoms. The van der Waals surface area contributed by atoms with Crippen LogP contribution in [0.1, 0.15) is 81.5 Å². The smallest absolute Gasteiger partial charge is 0.323 e. The molecule has 30 heavy (non-hydrogen) atoms. The van der Waals surface area contributed by atoms with Gasteiger partial charge >= 0.3 is 5.97 Å². The van der Waals surface area contributed by atoms with Crippen molar-refractivity contribution in [1.82, 2.24) is 9.88 Å². The molecule has 1 aliphatic heterocycles. The maximum Gasteiger partial charge on any atom is 0.323 e. The van der Waals surface area contributed by atoms with Crippen molar-refractivity contribution in [3.8, 4) is 0 Å². The van der Waals surface area contributed by atoms with E-state index in [1.54, 1.807) is 7.11 Å². The van der Waals surface area contributed by atoms with Crippen LogP contribution in [0.4, 0.5) is 0 Å². The van der Waals surface area contributed by atoms with E-state index in [1.807, 2.05) is 0 Å². The number of aromatic amines is 1. The third-order valence-corrected chi connectivity index (χ3v) is 8.06. The zero-order chi connectivity index (χ0) is 20.5. The number of H-pyrrole nitrogens is 1. The second-order valence-electron chi connectivity index (χ2n) is 9.85. The highest BCUT2D eigenvalue weighted by Gasteiger charge is 2.44. The van der Waals surface area contributed by atoms with Crippen molar-refractivity contribution < 1.29 is 9.53 Å². The van der Waals surface area contributed by atoms with E-state index in [2.05, 4.69) is 34.1 Å². The molecular weight excluding hydrogens is 372 g/mol. The Bertz CT molecular complexity index is 876. The Balaban J connectivity index is 1.58. The normalized spacial score (nSPS) is 26.6. The summed E-state index contributed by atoms with van der Waals surface area (Å²) in [7, 11) is 1.56. The van der Waals surface area contributed by atoms with E-state index in [-0.39, 0.29) is 12.0 Å². The summed E-state index contributed by atoms with van der Waals surface area (Å²) in [4.78, 5) is 19.4. The second kappa shape index (κ2) is 8.74. The number of methoxy groups -OCH3 is 1. The number of carbonyl (C=O) groups is 1. The highest BCUT2D eigenvalue weighted by molar-refractivity contribution is 5.87. The zero-order valence-corrected chi connectivity index (χ0v) is 18.4. The monoisotopic (exact) mass is 408 g/mol. The number of hydrogen-bond acceptors (Lipinski definition) is 3. The Morgan fingerprint density at radius 2 is 1.73 bits per heavy atom. The van der Waals surface area contributed by atoms with Crippen LogP contribution in [0.5, 0.6) is 0 Å². The quantitative estimate of drug-likeness (QED) is 0.653. The van der Waals surface area contributed by atoms with E-state index in [9.17, 15) is 4.79 Å². The Morgan fingerprint density at radius 1 is 1.03 bits per heavy atom. The Hall–Kier alpha value is -1.81. The van der Waals surface area contributed by atoms with Gasteiger partial charge in [0.1, 0.15) is 6.04 Å². The second-order valence-corrected chi connectivity index (χ2v) is 9.85. The highest BCUT2D eigenvalue weighted by Crippen LogP contribution is 2.46. The fraction of sp³-hybridized carbons (Fsp3) is 0.654. The topological polar surface area (TPSA) is 45.3 Å². The fourth-order valence-electron chi connectivity index (χ4n) is 6.58. The van der Waals surface area contributed by atoms with Crippen LogP contribution in [0, 0.1) is 11.8 Å².